The van der Waals surface area contributed by atoms with Gasteiger partial charge >= 0.3 is 5.09 Å². The third kappa shape index (κ3) is 3.90. The Labute approximate surface area is 105 Å². The normalized spacial score (nSPS) is 9.78. The van der Waals surface area contributed by atoms with Crippen LogP contribution in [-0.2, 0) is 22.9 Å². The van der Waals surface area contributed by atoms with E-state index in [0.29, 0.717) is 0 Å². The fourth-order valence-corrected chi connectivity index (χ4v) is 1.44. The monoisotopic (exact) mass is 244 g/mol. The van der Waals surface area contributed by atoms with E-state index in [-0.39, 0.29) is 18.3 Å². The number of benzene rings is 2. The van der Waals surface area contributed by atoms with Crippen LogP contribution in [0.25, 0.3) is 0 Å². The van der Waals surface area contributed by atoms with E-state index in [1.807, 2.05) is 60.7 Å². The molecule has 0 atom stereocenters. The lowest BCUT2D eigenvalue weighted by molar-refractivity contribution is -0.987. The molecule has 0 radical (unpaired) electrons. The van der Waals surface area contributed by atoms with Gasteiger partial charge in [0.05, 0.1) is 0 Å². The number of hydrogen-bond acceptors (Lipinski definition) is 3. The van der Waals surface area contributed by atoms with Crippen LogP contribution in [0.15, 0.2) is 60.7 Å². The third-order valence-corrected chi connectivity index (χ3v) is 2.36. The molecule has 0 aliphatic rings. The zero-order chi connectivity index (χ0) is 12.6. The molecule has 2 aromatic carbocycles. The van der Waals surface area contributed by atoms with Gasteiger partial charge in [0.1, 0.15) is 4.91 Å². The molecule has 0 fully saturated rings. The molecule has 18 heavy (non-hydrogen) atoms. The lowest BCUT2D eigenvalue weighted by atomic mass is 10.2. The Morgan fingerprint density at radius 2 is 1.11 bits per heavy atom. The van der Waals surface area contributed by atoms with Gasteiger partial charge in [-0.3, -0.25) is 0 Å². The molecule has 0 bridgehead atoms. The topological polar surface area (TPSA) is 38.5 Å². The van der Waals surface area contributed by atoms with Gasteiger partial charge in [0.25, 0.3) is 0 Å². The Kier molecular flexibility index (Phi) is 4.30. The highest BCUT2D eigenvalue weighted by Gasteiger charge is 2.12. The predicted octanol–water partition coefficient (Wildman–Crippen LogP) is 3.03. The van der Waals surface area contributed by atoms with Gasteiger partial charge in [0.15, 0.2) is 13.2 Å². The molecule has 0 aliphatic heterocycles. The molecule has 0 aliphatic carbocycles. The summed E-state index contributed by atoms with van der Waals surface area (Å²) < 4.78 is 0. The van der Waals surface area contributed by atoms with E-state index in [1.165, 1.54) is 0 Å². The summed E-state index contributed by atoms with van der Waals surface area (Å²) in [6.45, 7) is 0.387. The lowest BCUT2D eigenvalue weighted by Crippen LogP contribution is -2.10. The van der Waals surface area contributed by atoms with Crippen LogP contribution in [0.1, 0.15) is 11.1 Å². The summed E-state index contributed by atoms with van der Waals surface area (Å²) in [6.07, 6.45) is 0. The van der Waals surface area contributed by atoms with Gasteiger partial charge in [-0.1, -0.05) is 60.7 Å². The Bertz CT molecular complexity index is 439. The summed E-state index contributed by atoms with van der Waals surface area (Å²) in [6, 6.07) is 18.9. The first-order chi connectivity index (χ1) is 8.84. The standard InChI is InChI=1S/C14H14NO3/c16-15(17-11-13-7-3-1-4-8-13)18-12-14-9-5-2-6-10-14/h1-10H,11-12H2/q+1. The van der Waals surface area contributed by atoms with Gasteiger partial charge in [-0.05, 0) is 11.1 Å². The SMILES string of the molecule is O=[N+](OCc1ccccc1)OCc1ccccc1. The highest BCUT2D eigenvalue weighted by Crippen LogP contribution is 2.03. The van der Waals surface area contributed by atoms with Crippen molar-refractivity contribution in [1.82, 2.24) is 0 Å². The second kappa shape index (κ2) is 6.39. The van der Waals surface area contributed by atoms with Gasteiger partial charge in [-0.15, -0.1) is 0 Å². The van der Waals surface area contributed by atoms with E-state index in [1.54, 1.807) is 0 Å². The second-order valence-electron chi connectivity index (χ2n) is 3.74. The average Bonchev–Trinajstić information content (AvgIpc) is 2.45. The van der Waals surface area contributed by atoms with Crippen molar-refractivity contribution < 1.29 is 14.8 Å². The van der Waals surface area contributed by atoms with Gasteiger partial charge in [-0.25, -0.2) is 0 Å². The van der Waals surface area contributed by atoms with Crippen molar-refractivity contribution in [1.29, 1.82) is 0 Å². The summed E-state index contributed by atoms with van der Waals surface area (Å²) in [7, 11) is 0. The minimum atomic E-state index is 0.153. The van der Waals surface area contributed by atoms with Crippen LogP contribution in [0.2, 0.25) is 0 Å². The zero-order valence-corrected chi connectivity index (χ0v) is 9.86. The van der Waals surface area contributed by atoms with E-state index in [2.05, 4.69) is 0 Å². The van der Waals surface area contributed by atoms with Crippen LogP contribution in [0.3, 0.4) is 0 Å². The Morgan fingerprint density at radius 3 is 1.50 bits per heavy atom. The van der Waals surface area contributed by atoms with Crippen LogP contribution in [0.4, 0.5) is 0 Å². The Hall–Kier alpha value is -2.36. The van der Waals surface area contributed by atoms with Gasteiger partial charge < -0.3 is 0 Å². The summed E-state index contributed by atoms with van der Waals surface area (Å²) in [5, 5.41) is 0.153. The molecule has 0 saturated carbocycles. The van der Waals surface area contributed by atoms with Crippen LogP contribution in [-0.4, -0.2) is 5.09 Å². The quantitative estimate of drug-likeness (QED) is 0.733. The molecule has 0 saturated heterocycles. The minimum absolute atomic E-state index is 0.153. The fourth-order valence-electron chi connectivity index (χ4n) is 1.44. The maximum Gasteiger partial charge on any atom is 0.478 e. The van der Waals surface area contributed by atoms with Crippen molar-refractivity contribution in [2.75, 3.05) is 0 Å². The van der Waals surface area contributed by atoms with E-state index in [0.717, 1.165) is 11.1 Å². The number of nitrogens with zero attached hydrogens (tertiary/aromatic N) is 1. The predicted molar refractivity (Wildman–Crippen MR) is 66.1 cm³/mol. The van der Waals surface area contributed by atoms with Crippen molar-refractivity contribution in [3.05, 3.63) is 76.7 Å². The number of hydrogen-bond donors (Lipinski definition) is 0. The smallest absolute Gasteiger partial charge is 0.182 e. The van der Waals surface area contributed by atoms with Crippen molar-refractivity contribution in [3.8, 4) is 0 Å². The first kappa shape index (κ1) is 12.1. The largest absolute Gasteiger partial charge is 0.478 e. The van der Waals surface area contributed by atoms with E-state index in [9.17, 15) is 4.91 Å². The van der Waals surface area contributed by atoms with Crippen molar-refractivity contribution in [3.63, 3.8) is 0 Å². The molecule has 0 unspecified atom stereocenters. The Morgan fingerprint density at radius 1 is 0.722 bits per heavy atom. The zero-order valence-electron chi connectivity index (χ0n) is 9.86. The van der Waals surface area contributed by atoms with Crippen LogP contribution in [0, 0.1) is 4.91 Å². The van der Waals surface area contributed by atoms with Gasteiger partial charge in [0.2, 0.25) is 0 Å². The molecule has 4 heteroatoms. The summed E-state index contributed by atoms with van der Waals surface area (Å²) in [4.78, 5) is 21.1. The molecule has 4 nitrogen and oxygen atoms in total. The maximum atomic E-state index is 11.3. The number of rotatable bonds is 6. The van der Waals surface area contributed by atoms with E-state index < -0.39 is 0 Å². The molecule has 92 valence electrons. The highest BCUT2D eigenvalue weighted by atomic mass is 17.0. The van der Waals surface area contributed by atoms with Gasteiger partial charge in [0, 0.05) is 0 Å². The molecule has 0 aromatic heterocycles. The van der Waals surface area contributed by atoms with Gasteiger partial charge in [-0.2, -0.15) is 9.68 Å². The molecule has 0 N–H and O–H groups in total. The van der Waals surface area contributed by atoms with Crippen LogP contribution < -0.4 is 0 Å². The lowest BCUT2D eigenvalue weighted by Gasteiger charge is -1.96. The average molecular weight is 244 g/mol. The summed E-state index contributed by atoms with van der Waals surface area (Å²) >= 11 is 0. The van der Waals surface area contributed by atoms with E-state index in [4.69, 9.17) is 9.68 Å². The van der Waals surface area contributed by atoms with Crippen molar-refractivity contribution in [2.24, 2.45) is 0 Å². The molecule has 0 spiro atoms. The Balaban J connectivity index is 1.73. The molecular weight excluding hydrogens is 230 g/mol. The molecule has 2 rings (SSSR count). The fraction of sp³-hybridized carbons (Fsp3) is 0.143. The molecule has 0 amide bonds. The van der Waals surface area contributed by atoms with Crippen LogP contribution >= 0.6 is 0 Å². The molecular formula is C14H14NO3+. The highest BCUT2D eigenvalue weighted by molar-refractivity contribution is 5.13. The molecule has 0 heterocycles. The first-order valence-corrected chi connectivity index (χ1v) is 5.65. The first-order valence-electron chi connectivity index (χ1n) is 5.65. The maximum absolute atomic E-state index is 11.3. The summed E-state index contributed by atoms with van der Waals surface area (Å²) in [5.41, 5.74) is 1.84. The van der Waals surface area contributed by atoms with Crippen LogP contribution in [0.5, 0.6) is 0 Å². The minimum Gasteiger partial charge on any atom is -0.182 e. The van der Waals surface area contributed by atoms with Crippen molar-refractivity contribution >= 4 is 0 Å². The second-order valence-corrected chi connectivity index (χ2v) is 3.74. The molecule has 2 aromatic rings. The third-order valence-electron chi connectivity index (χ3n) is 2.36. The van der Waals surface area contributed by atoms with Crippen molar-refractivity contribution in [2.45, 2.75) is 13.2 Å². The summed E-state index contributed by atoms with van der Waals surface area (Å²) in [5.74, 6) is 0. The van der Waals surface area contributed by atoms with E-state index >= 15 is 0 Å².